The van der Waals surface area contributed by atoms with E-state index in [4.69, 9.17) is 28.5 Å². The number of nitrogens with zero attached hydrogens (tertiary/aromatic N) is 3. The van der Waals surface area contributed by atoms with Crippen LogP contribution in [0.15, 0.2) is 36.4 Å². The highest BCUT2D eigenvalue weighted by molar-refractivity contribution is 6.35. The number of carbonyl (C=O) groups is 1. The molecule has 0 saturated carbocycles. The molecule has 0 N–H and O–H groups in total. The van der Waals surface area contributed by atoms with Gasteiger partial charge in [0.25, 0.3) is 5.91 Å². The number of pyridine rings is 1. The molecule has 1 amide bonds. The monoisotopic (exact) mass is 305 g/mol. The van der Waals surface area contributed by atoms with Crippen LogP contribution in [0.1, 0.15) is 15.9 Å². The Labute approximate surface area is 126 Å². The minimum absolute atomic E-state index is 0.0583. The number of anilines is 1. The number of benzene rings is 1. The van der Waals surface area contributed by atoms with Crippen molar-refractivity contribution in [1.82, 2.24) is 4.98 Å². The Morgan fingerprint density at radius 3 is 2.40 bits per heavy atom. The molecule has 1 aromatic heterocycles. The third-order valence-corrected chi connectivity index (χ3v) is 3.23. The molecule has 1 heterocycles. The first-order chi connectivity index (χ1) is 9.52. The van der Waals surface area contributed by atoms with Crippen molar-refractivity contribution >= 4 is 34.8 Å². The van der Waals surface area contributed by atoms with Crippen molar-refractivity contribution in [2.24, 2.45) is 0 Å². The highest BCUT2D eigenvalue weighted by Crippen LogP contribution is 2.21. The van der Waals surface area contributed by atoms with Crippen molar-refractivity contribution in [3.8, 4) is 6.07 Å². The molecule has 6 heteroatoms. The van der Waals surface area contributed by atoms with Crippen LogP contribution in [0.25, 0.3) is 0 Å². The summed E-state index contributed by atoms with van der Waals surface area (Å²) >= 11 is 11.6. The molecule has 2 rings (SSSR count). The molecule has 0 spiro atoms. The van der Waals surface area contributed by atoms with Gasteiger partial charge in [-0.2, -0.15) is 5.26 Å². The van der Waals surface area contributed by atoms with E-state index < -0.39 is 0 Å². The highest BCUT2D eigenvalue weighted by atomic mass is 35.5. The first-order valence-electron chi connectivity index (χ1n) is 5.63. The van der Waals surface area contributed by atoms with E-state index in [2.05, 4.69) is 4.98 Å². The molecule has 0 atom stereocenters. The number of nitriles is 1. The third-order valence-electron chi connectivity index (χ3n) is 2.73. The van der Waals surface area contributed by atoms with Crippen LogP contribution >= 0.6 is 23.2 Å². The van der Waals surface area contributed by atoms with Gasteiger partial charge >= 0.3 is 0 Å². The van der Waals surface area contributed by atoms with Crippen molar-refractivity contribution in [2.45, 2.75) is 0 Å². The van der Waals surface area contributed by atoms with E-state index in [1.54, 1.807) is 31.3 Å². The van der Waals surface area contributed by atoms with Gasteiger partial charge in [0.15, 0.2) is 0 Å². The smallest absolute Gasteiger partial charge is 0.261 e. The van der Waals surface area contributed by atoms with Crippen LogP contribution in [-0.4, -0.2) is 17.9 Å². The predicted molar refractivity (Wildman–Crippen MR) is 78.1 cm³/mol. The summed E-state index contributed by atoms with van der Waals surface area (Å²) in [5.41, 5.74) is 1.45. The molecule has 0 aliphatic rings. The maximum absolute atomic E-state index is 12.3. The number of rotatable bonds is 2. The second kappa shape index (κ2) is 5.91. The summed E-state index contributed by atoms with van der Waals surface area (Å²) in [5, 5.41) is 9.04. The lowest BCUT2D eigenvalue weighted by Gasteiger charge is -2.17. The van der Waals surface area contributed by atoms with Gasteiger partial charge in [0.05, 0.1) is 17.2 Å². The van der Waals surface area contributed by atoms with Crippen LogP contribution in [0.3, 0.4) is 0 Å². The fourth-order valence-electron chi connectivity index (χ4n) is 1.63. The van der Waals surface area contributed by atoms with Crippen molar-refractivity contribution in [1.29, 1.82) is 5.26 Å². The van der Waals surface area contributed by atoms with E-state index in [1.165, 1.54) is 17.0 Å². The van der Waals surface area contributed by atoms with E-state index >= 15 is 0 Å². The second-order valence-corrected chi connectivity index (χ2v) is 4.74. The van der Waals surface area contributed by atoms with Gasteiger partial charge in [-0.05, 0) is 36.4 Å². The van der Waals surface area contributed by atoms with E-state index in [-0.39, 0.29) is 21.8 Å². The molecule has 100 valence electrons. The molecular weight excluding hydrogens is 297 g/mol. The molecule has 0 aliphatic heterocycles. The summed E-state index contributed by atoms with van der Waals surface area (Å²) in [6.07, 6.45) is 0. The van der Waals surface area contributed by atoms with Crippen LogP contribution in [-0.2, 0) is 0 Å². The second-order valence-electron chi connectivity index (χ2n) is 4.00. The number of carbonyl (C=O) groups excluding carboxylic acids is 1. The SMILES string of the molecule is CN(C(=O)c1ccc(Cl)nc1Cl)c1ccc(C#N)cc1. The maximum Gasteiger partial charge on any atom is 0.261 e. The molecule has 2 aromatic rings. The Kier molecular flexibility index (Phi) is 4.23. The Hall–Kier alpha value is -2.09. The highest BCUT2D eigenvalue weighted by Gasteiger charge is 2.17. The zero-order valence-electron chi connectivity index (χ0n) is 10.5. The summed E-state index contributed by atoms with van der Waals surface area (Å²) < 4.78 is 0. The maximum atomic E-state index is 12.3. The summed E-state index contributed by atoms with van der Waals surface area (Å²) in [5.74, 6) is -0.302. The largest absolute Gasteiger partial charge is 0.311 e. The molecule has 1 aromatic carbocycles. The Morgan fingerprint density at radius 2 is 1.85 bits per heavy atom. The normalized spacial score (nSPS) is 9.90. The number of aromatic nitrogens is 1. The van der Waals surface area contributed by atoms with Gasteiger partial charge in [-0.1, -0.05) is 23.2 Å². The van der Waals surface area contributed by atoms with Gasteiger partial charge in [0, 0.05) is 12.7 Å². The average molecular weight is 306 g/mol. The van der Waals surface area contributed by atoms with Gasteiger partial charge < -0.3 is 4.90 Å². The minimum Gasteiger partial charge on any atom is -0.311 e. The zero-order valence-corrected chi connectivity index (χ0v) is 12.0. The fraction of sp³-hybridized carbons (Fsp3) is 0.0714. The molecular formula is C14H9Cl2N3O. The molecule has 4 nitrogen and oxygen atoms in total. The van der Waals surface area contributed by atoms with Crippen LogP contribution in [0.4, 0.5) is 5.69 Å². The van der Waals surface area contributed by atoms with Crippen molar-refractivity contribution in [3.63, 3.8) is 0 Å². The quantitative estimate of drug-likeness (QED) is 0.797. The average Bonchev–Trinajstić information content (AvgIpc) is 2.46. The van der Waals surface area contributed by atoms with Gasteiger partial charge in [-0.3, -0.25) is 4.79 Å². The lowest BCUT2D eigenvalue weighted by Crippen LogP contribution is -2.26. The molecule has 0 fully saturated rings. The molecule has 0 unspecified atom stereocenters. The fourth-order valence-corrected chi connectivity index (χ4v) is 2.05. The number of amides is 1. The predicted octanol–water partition coefficient (Wildman–Crippen LogP) is 3.54. The topological polar surface area (TPSA) is 57.0 Å². The summed E-state index contributed by atoms with van der Waals surface area (Å²) in [7, 11) is 1.62. The van der Waals surface area contributed by atoms with E-state index in [9.17, 15) is 4.79 Å². The van der Waals surface area contributed by atoms with Gasteiger partial charge in [0.1, 0.15) is 10.3 Å². The van der Waals surface area contributed by atoms with Gasteiger partial charge in [-0.15, -0.1) is 0 Å². The van der Waals surface area contributed by atoms with Crippen LogP contribution < -0.4 is 4.90 Å². The first kappa shape index (κ1) is 14.3. The summed E-state index contributed by atoms with van der Waals surface area (Å²) in [6, 6.07) is 11.7. The summed E-state index contributed by atoms with van der Waals surface area (Å²) in [4.78, 5) is 17.6. The van der Waals surface area contributed by atoms with Gasteiger partial charge in [-0.25, -0.2) is 4.98 Å². The molecule has 0 bridgehead atoms. The Bertz CT molecular complexity index is 693. The first-order valence-corrected chi connectivity index (χ1v) is 6.39. The van der Waals surface area contributed by atoms with Crippen molar-refractivity contribution < 1.29 is 4.79 Å². The Morgan fingerprint density at radius 1 is 1.20 bits per heavy atom. The van der Waals surface area contributed by atoms with Crippen LogP contribution in [0, 0.1) is 11.3 Å². The lowest BCUT2D eigenvalue weighted by molar-refractivity contribution is 0.0993. The van der Waals surface area contributed by atoms with E-state index in [1.807, 2.05) is 6.07 Å². The zero-order chi connectivity index (χ0) is 14.7. The molecule has 0 aliphatic carbocycles. The lowest BCUT2D eigenvalue weighted by atomic mass is 10.2. The standard InChI is InChI=1S/C14H9Cl2N3O/c1-19(10-4-2-9(8-17)3-5-10)14(20)11-6-7-12(15)18-13(11)16/h2-7H,1H3. The van der Waals surface area contributed by atoms with Gasteiger partial charge in [0.2, 0.25) is 0 Å². The van der Waals surface area contributed by atoms with Crippen molar-refractivity contribution in [3.05, 3.63) is 57.8 Å². The van der Waals surface area contributed by atoms with E-state index in [0.29, 0.717) is 11.3 Å². The number of hydrogen-bond acceptors (Lipinski definition) is 3. The number of halogens is 2. The van der Waals surface area contributed by atoms with Crippen LogP contribution in [0.5, 0.6) is 0 Å². The Balaban J connectivity index is 2.30. The molecule has 0 radical (unpaired) electrons. The number of hydrogen-bond donors (Lipinski definition) is 0. The third kappa shape index (κ3) is 2.90. The summed E-state index contributed by atoms with van der Waals surface area (Å²) in [6.45, 7) is 0. The molecule has 20 heavy (non-hydrogen) atoms. The minimum atomic E-state index is -0.302. The van der Waals surface area contributed by atoms with Crippen molar-refractivity contribution in [2.75, 3.05) is 11.9 Å². The van der Waals surface area contributed by atoms with Crippen LogP contribution in [0.2, 0.25) is 10.3 Å². The van der Waals surface area contributed by atoms with E-state index in [0.717, 1.165) is 0 Å². The molecule has 0 saturated heterocycles.